The first-order chi connectivity index (χ1) is 16.4. The lowest BCUT2D eigenvalue weighted by Gasteiger charge is -2.23. The van der Waals surface area contributed by atoms with Crippen LogP contribution < -0.4 is 4.90 Å². The molecule has 1 N–H and O–H groups in total. The molecule has 10 heteroatoms. The van der Waals surface area contributed by atoms with Gasteiger partial charge >= 0.3 is 12.1 Å². The molecule has 0 aliphatic carbocycles. The lowest BCUT2D eigenvalue weighted by atomic mass is 10.1. The number of anilines is 2. The second-order valence-corrected chi connectivity index (χ2v) is 7.75. The quantitative estimate of drug-likeness (QED) is 0.369. The summed E-state index contributed by atoms with van der Waals surface area (Å²) >= 11 is 6.40. The van der Waals surface area contributed by atoms with Gasteiger partial charge in [-0.15, -0.1) is 0 Å². The highest BCUT2D eigenvalue weighted by Gasteiger charge is 2.30. The molecule has 34 heavy (non-hydrogen) atoms. The molecule has 0 saturated heterocycles. The summed E-state index contributed by atoms with van der Waals surface area (Å²) in [6.45, 7) is 3.96. The maximum absolute atomic E-state index is 13.0. The molecule has 4 aromatic rings. The third kappa shape index (κ3) is 4.51. The summed E-state index contributed by atoms with van der Waals surface area (Å²) in [6.07, 6.45) is 2.16. The molecule has 1 amide bonds. The van der Waals surface area contributed by atoms with Crippen LogP contribution in [0.1, 0.15) is 28.7 Å². The van der Waals surface area contributed by atoms with Crippen molar-refractivity contribution in [2.75, 3.05) is 11.5 Å². The molecule has 2 heterocycles. The van der Waals surface area contributed by atoms with Crippen LogP contribution in [0.4, 0.5) is 16.2 Å². The zero-order valence-corrected chi connectivity index (χ0v) is 19.2. The summed E-state index contributed by atoms with van der Waals surface area (Å²) in [5.41, 5.74) is 2.97. The van der Waals surface area contributed by atoms with Gasteiger partial charge in [-0.25, -0.2) is 19.5 Å². The maximum Gasteiger partial charge on any atom is 0.419 e. The van der Waals surface area contributed by atoms with Crippen LogP contribution in [-0.2, 0) is 11.3 Å². The van der Waals surface area contributed by atoms with E-state index < -0.39 is 12.1 Å². The van der Waals surface area contributed by atoms with Crippen molar-refractivity contribution in [2.45, 2.75) is 20.4 Å². The number of carboxylic acid groups (broad SMARTS) is 1. The fourth-order valence-corrected chi connectivity index (χ4v) is 3.75. The Balaban J connectivity index is 1.71. The van der Waals surface area contributed by atoms with E-state index in [1.54, 1.807) is 42.7 Å². The number of amides is 1. The van der Waals surface area contributed by atoms with Crippen LogP contribution in [0.2, 0.25) is 5.02 Å². The molecule has 174 valence electrons. The van der Waals surface area contributed by atoms with Crippen LogP contribution in [0.5, 0.6) is 0 Å². The summed E-state index contributed by atoms with van der Waals surface area (Å²) in [5, 5.41) is 13.7. The Bertz CT molecular complexity index is 1330. The number of aryl methyl sites for hydroxylation is 1. The zero-order valence-electron chi connectivity index (χ0n) is 18.4. The molecule has 2 aromatic carbocycles. The fraction of sp³-hybridized carbons (Fsp3) is 0.167. The van der Waals surface area contributed by atoms with E-state index in [0.717, 1.165) is 5.56 Å². The van der Waals surface area contributed by atoms with Crippen LogP contribution in [-0.4, -0.2) is 38.5 Å². The van der Waals surface area contributed by atoms with Gasteiger partial charge in [0.25, 0.3) is 0 Å². The average molecular weight is 481 g/mol. The predicted octanol–water partition coefficient (Wildman–Crippen LogP) is 5.54. The second-order valence-electron chi connectivity index (χ2n) is 7.34. The Hall–Kier alpha value is -4.11. The summed E-state index contributed by atoms with van der Waals surface area (Å²) < 4.78 is 12.4. The van der Waals surface area contributed by atoms with Gasteiger partial charge in [-0.1, -0.05) is 53.2 Å². The lowest BCUT2D eigenvalue weighted by molar-refractivity contribution is 0.0685. The van der Waals surface area contributed by atoms with E-state index in [4.69, 9.17) is 20.9 Å². The highest BCUT2D eigenvalue weighted by atomic mass is 35.5. The molecule has 0 bridgehead atoms. The number of aromatic carboxylic acids is 1. The van der Waals surface area contributed by atoms with E-state index in [9.17, 15) is 14.7 Å². The van der Waals surface area contributed by atoms with Crippen molar-refractivity contribution < 1.29 is 24.0 Å². The molecular formula is C24H21ClN4O5. The molecule has 9 nitrogen and oxygen atoms in total. The minimum atomic E-state index is -1.05. The van der Waals surface area contributed by atoms with Crippen LogP contribution >= 0.6 is 11.6 Å². The van der Waals surface area contributed by atoms with Gasteiger partial charge in [0.15, 0.2) is 5.76 Å². The highest BCUT2D eigenvalue weighted by Crippen LogP contribution is 2.40. The zero-order chi connectivity index (χ0) is 24.2. The van der Waals surface area contributed by atoms with E-state index in [0.29, 0.717) is 40.0 Å². The summed E-state index contributed by atoms with van der Waals surface area (Å²) in [5.74, 6) is -0.680. The summed E-state index contributed by atoms with van der Waals surface area (Å²) in [4.78, 5) is 29.6. The molecule has 4 rings (SSSR count). The number of benzene rings is 2. The molecule has 0 aliphatic rings. The number of nitrogens with zero attached hydrogens (tertiary/aromatic N) is 4. The monoisotopic (exact) mass is 480 g/mol. The lowest BCUT2D eigenvalue weighted by Crippen LogP contribution is -2.27. The van der Waals surface area contributed by atoms with E-state index >= 15 is 0 Å². The molecule has 0 spiro atoms. The van der Waals surface area contributed by atoms with Gasteiger partial charge in [-0.3, -0.25) is 0 Å². The molecule has 0 radical (unpaired) electrons. The third-order valence-electron chi connectivity index (χ3n) is 5.10. The van der Waals surface area contributed by atoms with E-state index in [-0.39, 0.29) is 12.3 Å². The van der Waals surface area contributed by atoms with E-state index in [1.807, 2.05) is 24.3 Å². The molecule has 0 unspecified atom stereocenters. The Morgan fingerprint density at radius 2 is 1.91 bits per heavy atom. The van der Waals surface area contributed by atoms with Crippen LogP contribution in [0, 0.1) is 6.92 Å². The van der Waals surface area contributed by atoms with E-state index in [2.05, 4.69) is 10.1 Å². The number of carbonyl (C=O) groups is 2. The molecule has 0 aliphatic heterocycles. The normalized spacial score (nSPS) is 10.8. The molecule has 2 aromatic heterocycles. The van der Waals surface area contributed by atoms with Crippen molar-refractivity contribution in [3.63, 3.8) is 0 Å². The minimum absolute atomic E-state index is 0.0991. The third-order valence-corrected chi connectivity index (χ3v) is 5.42. The van der Waals surface area contributed by atoms with Crippen molar-refractivity contribution in [1.82, 2.24) is 14.7 Å². The number of ether oxygens (including phenoxy) is 1. The Labute approximate surface area is 200 Å². The number of aromatic nitrogens is 3. The van der Waals surface area contributed by atoms with Crippen molar-refractivity contribution in [3.8, 4) is 11.3 Å². The van der Waals surface area contributed by atoms with E-state index in [1.165, 1.54) is 17.4 Å². The van der Waals surface area contributed by atoms with Crippen LogP contribution in [0.15, 0.2) is 65.6 Å². The van der Waals surface area contributed by atoms with Crippen molar-refractivity contribution in [1.29, 1.82) is 0 Å². The fourth-order valence-electron chi connectivity index (χ4n) is 3.53. The number of hydrogen-bond donors (Lipinski definition) is 1. The number of hydrogen-bond acceptors (Lipinski definition) is 6. The van der Waals surface area contributed by atoms with Crippen molar-refractivity contribution >= 4 is 35.0 Å². The van der Waals surface area contributed by atoms with Gasteiger partial charge in [-0.2, -0.15) is 0 Å². The van der Waals surface area contributed by atoms with Gasteiger partial charge < -0.3 is 18.9 Å². The van der Waals surface area contributed by atoms with Crippen molar-refractivity contribution in [2.24, 2.45) is 0 Å². The maximum atomic E-state index is 13.0. The standard InChI is InChI=1S/C24H21ClN4O5/c1-3-33-24(32)29(19-7-5-4-6-18(19)25)21-15(2)27-34-22(21)17-10-8-16(9-11-17)13-28-14-26-12-20(28)23(30)31/h4-12,14H,3,13H2,1-2H3,(H,30,31). The number of carbonyl (C=O) groups excluding carboxylic acids is 1. The van der Waals surface area contributed by atoms with Crippen molar-refractivity contribution in [3.05, 3.63) is 83.0 Å². The number of halogens is 1. The van der Waals surface area contributed by atoms with Gasteiger partial charge in [0.05, 0.1) is 29.8 Å². The molecule has 0 atom stereocenters. The minimum Gasteiger partial charge on any atom is -0.477 e. The number of imidazole rings is 1. The van der Waals surface area contributed by atoms with Gasteiger partial charge in [0.2, 0.25) is 0 Å². The molecule has 0 saturated carbocycles. The smallest absolute Gasteiger partial charge is 0.419 e. The van der Waals surface area contributed by atoms with Crippen LogP contribution in [0.3, 0.4) is 0 Å². The van der Waals surface area contributed by atoms with Gasteiger partial charge in [0.1, 0.15) is 17.1 Å². The first kappa shape index (κ1) is 23.1. The Morgan fingerprint density at radius 1 is 1.18 bits per heavy atom. The summed E-state index contributed by atoms with van der Waals surface area (Å²) in [6, 6.07) is 14.2. The van der Waals surface area contributed by atoms with Crippen LogP contribution in [0.25, 0.3) is 11.3 Å². The van der Waals surface area contributed by atoms with Gasteiger partial charge in [0, 0.05) is 12.1 Å². The number of carboxylic acids is 1. The molecule has 0 fully saturated rings. The number of para-hydroxylation sites is 1. The Morgan fingerprint density at radius 3 is 2.59 bits per heavy atom. The predicted molar refractivity (Wildman–Crippen MR) is 126 cm³/mol. The Kier molecular flexibility index (Phi) is 6.65. The highest BCUT2D eigenvalue weighted by molar-refractivity contribution is 6.34. The van der Waals surface area contributed by atoms with Gasteiger partial charge in [-0.05, 0) is 31.5 Å². The first-order valence-electron chi connectivity index (χ1n) is 10.4. The summed E-state index contributed by atoms with van der Waals surface area (Å²) in [7, 11) is 0. The topological polar surface area (TPSA) is 111 Å². The SMILES string of the molecule is CCOC(=O)N(c1ccccc1Cl)c1c(C)noc1-c1ccc(Cn2cncc2C(=O)O)cc1. The number of rotatable bonds is 7. The first-order valence-corrected chi connectivity index (χ1v) is 10.8. The largest absolute Gasteiger partial charge is 0.477 e. The second kappa shape index (κ2) is 9.80. The average Bonchev–Trinajstić information content (AvgIpc) is 3.43. The molecular weight excluding hydrogens is 460 g/mol.